The van der Waals surface area contributed by atoms with Gasteiger partial charge >= 0.3 is 6.18 Å². The minimum Gasteiger partial charge on any atom is -0.369 e. The lowest BCUT2D eigenvalue weighted by atomic mass is 10.1. The highest BCUT2D eigenvalue weighted by Crippen LogP contribution is 2.38. The molecule has 148 valence electrons. The van der Waals surface area contributed by atoms with E-state index in [1.54, 1.807) is 6.92 Å². The fraction of sp³-hybridized carbons (Fsp3) is 0.267. The summed E-state index contributed by atoms with van der Waals surface area (Å²) in [6.07, 6.45) is -4.45. The fourth-order valence-electron chi connectivity index (χ4n) is 1.99. The first-order valence-electron chi connectivity index (χ1n) is 7.65. The lowest BCUT2D eigenvalue weighted by molar-refractivity contribution is -0.137. The maximum absolute atomic E-state index is 12.9. The van der Waals surface area contributed by atoms with Gasteiger partial charge in [0.05, 0.1) is 16.6 Å². The summed E-state index contributed by atoms with van der Waals surface area (Å²) in [7, 11) is 0. The van der Waals surface area contributed by atoms with E-state index in [9.17, 15) is 18.0 Å². The van der Waals surface area contributed by atoms with Crippen LogP contribution in [-0.4, -0.2) is 32.0 Å². The Kier molecular flexibility index (Phi) is 6.25. The number of nitrogens with zero attached hydrogens (tertiary/aromatic N) is 4. The minimum absolute atomic E-state index is 0.0727. The average molecular weight is 447 g/mol. The monoisotopic (exact) mass is 447 g/mol. The minimum atomic E-state index is -4.45. The summed E-state index contributed by atoms with van der Waals surface area (Å²) in [5, 5.41) is 11.4. The Morgan fingerprint density at radius 2 is 2.07 bits per heavy atom. The molecule has 2 heterocycles. The lowest BCUT2D eigenvalue weighted by Crippen LogP contribution is -2.12. The number of aromatic nitrogens is 4. The van der Waals surface area contributed by atoms with Crippen molar-refractivity contribution in [3.63, 3.8) is 0 Å². The Hall–Kier alpha value is -2.12. The molecule has 0 saturated heterocycles. The third-order valence-electron chi connectivity index (χ3n) is 3.24. The molecule has 0 radical (unpaired) electrons. The molecular formula is C15H12F3N5O2S3. The zero-order valence-corrected chi connectivity index (χ0v) is 16.6. The maximum atomic E-state index is 12.9. The zero-order chi connectivity index (χ0) is 20.3. The molecule has 0 aliphatic rings. The summed E-state index contributed by atoms with van der Waals surface area (Å²) in [6, 6.07) is 4.72. The normalized spacial score (nSPS) is 12.9. The number of hydrogen-bond acceptors (Lipinski definition) is 9. The van der Waals surface area contributed by atoms with Crippen molar-refractivity contribution in [2.45, 2.75) is 27.0 Å². The highest BCUT2D eigenvalue weighted by molar-refractivity contribution is 8.03. The van der Waals surface area contributed by atoms with E-state index in [2.05, 4.69) is 20.3 Å². The van der Waals surface area contributed by atoms with Crippen molar-refractivity contribution in [3.8, 4) is 11.4 Å². The summed E-state index contributed by atoms with van der Waals surface area (Å²) < 4.78 is 45.0. The molecule has 0 bridgehead atoms. The third-order valence-corrected chi connectivity index (χ3v) is 6.49. The molecule has 1 amide bonds. The zero-order valence-electron chi connectivity index (χ0n) is 14.1. The van der Waals surface area contributed by atoms with E-state index in [1.807, 2.05) is 0 Å². The molecule has 0 spiro atoms. The molecule has 1 atom stereocenters. The number of primary amides is 1. The SMILES string of the molecule is CC(Sc1nnc(SCC(N)=O)s1)c1nc(-c2cccc(C(F)(F)F)c2)no1. The Bertz CT molecular complexity index is 976. The molecule has 0 aliphatic heterocycles. The largest absolute Gasteiger partial charge is 0.416 e. The van der Waals surface area contributed by atoms with Crippen LogP contribution >= 0.6 is 34.9 Å². The number of benzene rings is 1. The van der Waals surface area contributed by atoms with E-state index in [4.69, 9.17) is 10.3 Å². The average Bonchev–Trinajstić information content (AvgIpc) is 3.29. The van der Waals surface area contributed by atoms with Crippen LogP contribution in [0.4, 0.5) is 13.2 Å². The standard InChI is InChI=1S/C15H12F3N5O2S3/c1-7(27-14-22-21-13(28-14)26-6-10(19)24)12-20-11(23-25-12)8-3-2-4-9(5-8)15(16,17)18/h2-5,7H,6H2,1H3,(H2,19,24). The van der Waals surface area contributed by atoms with E-state index in [0.29, 0.717) is 8.68 Å². The van der Waals surface area contributed by atoms with Crippen molar-refractivity contribution in [2.75, 3.05) is 5.75 Å². The number of carbonyl (C=O) groups is 1. The van der Waals surface area contributed by atoms with Crippen molar-refractivity contribution in [2.24, 2.45) is 5.73 Å². The molecule has 0 aliphatic carbocycles. The highest BCUT2D eigenvalue weighted by Gasteiger charge is 2.31. The Balaban J connectivity index is 1.69. The van der Waals surface area contributed by atoms with Crippen molar-refractivity contribution in [1.82, 2.24) is 20.3 Å². The number of halogens is 3. The maximum Gasteiger partial charge on any atom is 0.416 e. The smallest absolute Gasteiger partial charge is 0.369 e. The van der Waals surface area contributed by atoms with Crippen molar-refractivity contribution >= 4 is 40.8 Å². The number of thioether (sulfide) groups is 2. The van der Waals surface area contributed by atoms with Gasteiger partial charge in [-0.3, -0.25) is 4.79 Å². The number of amides is 1. The number of carbonyl (C=O) groups excluding carboxylic acids is 1. The molecule has 1 aromatic carbocycles. The van der Waals surface area contributed by atoms with E-state index >= 15 is 0 Å². The molecule has 0 fully saturated rings. The van der Waals surface area contributed by atoms with E-state index in [1.165, 1.54) is 47.0 Å². The first kappa shape index (κ1) is 20.6. The number of hydrogen-bond donors (Lipinski definition) is 1. The van der Waals surface area contributed by atoms with Gasteiger partial charge in [0.2, 0.25) is 17.6 Å². The van der Waals surface area contributed by atoms with Crippen LogP contribution in [0.25, 0.3) is 11.4 Å². The molecule has 3 aromatic rings. The number of rotatable bonds is 7. The summed E-state index contributed by atoms with van der Waals surface area (Å²) >= 11 is 3.78. The Labute approximate surface area is 169 Å². The first-order chi connectivity index (χ1) is 13.2. The molecule has 2 aromatic heterocycles. The van der Waals surface area contributed by atoms with Gasteiger partial charge in [-0.05, 0) is 19.1 Å². The van der Waals surface area contributed by atoms with Gasteiger partial charge < -0.3 is 10.3 Å². The third kappa shape index (κ3) is 5.23. The van der Waals surface area contributed by atoms with Gasteiger partial charge in [-0.1, -0.05) is 52.1 Å². The second kappa shape index (κ2) is 8.49. The van der Waals surface area contributed by atoms with Crippen LogP contribution in [0.15, 0.2) is 37.5 Å². The summed E-state index contributed by atoms with van der Waals surface area (Å²) in [6.45, 7) is 1.80. The molecular weight excluding hydrogens is 435 g/mol. The predicted molar refractivity (Wildman–Crippen MR) is 98.8 cm³/mol. The second-order valence-corrected chi connectivity index (χ2v) is 9.17. The molecule has 2 N–H and O–H groups in total. The quantitative estimate of drug-likeness (QED) is 0.541. The van der Waals surface area contributed by atoms with Crippen LogP contribution in [0.3, 0.4) is 0 Å². The van der Waals surface area contributed by atoms with Gasteiger partial charge in [0.15, 0.2) is 8.68 Å². The highest BCUT2D eigenvalue weighted by atomic mass is 32.2. The van der Waals surface area contributed by atoms with Gasteiger partial charge in [0.1, 0.15) is 0 Å². The van der Waals surface area contributed by atoms with E-state index in [-0.39, 0.29) is 28.3 Å². The molecule has 0 saturated carbocycles. The Morgan fingerprint density at radius 3 is 2.79 bits per heavy atom. The van der Waals surface area contributed by atoms with Crippen LogP contribution in [-0.2, 0) is 11.0 Å². The second-order valence-electron chi connectivity index (χ2n) is 5.38. The molecule has 3 rings (SSSR count). The van der Waals surface area contributed by atoms with Crippen LogP contribution in [0, 0.1) is 0 Å². The Morgan fingerprint density at radius 1 is 1.32 bits per heavy atom. The van der Waals surface area contributed by atoms with Crippen LogP contribution in [0.1, 0.15) is 23.6 Å². The van der Waals surface area contributed by atoms with Crippen LogP contribution in [0.2, 0.25) is 0 Å². The number of alkyl halides is 3. The lowest BCUT2D eigenvalue weighted by Gasteiger charge is -2.06. The van der Waals surface area contributed by atoms with Crippen molar-refractivity contribution in [3.05, 3.63) is 35.7 Å². The van der Waals surface area contributed by atoms with Gasteiger partial charge in [-0.15, -0.1) is 10.2 Å². The first-order valence-corrected chi connectivity index (χ1v) is 10.3. The van der Waals surface area contributed by atoms with Crippen molar-refractivity contribution in [1.29, 1.82) is 0 Å². The van der Waals surface area contributed by atoms with E-state index < -0.39 is 17.6 Å². The summed E-state index contributed by atoms with van der Waals surface area (Å²) in [4.78, 5) is 15.0. The molecule has 7 nitrogen and oxygen atoms in total. The summed E-state index contributed by atoms with van der Waals surface area (Å²) in [5.74, 6) is -0.0167. The van der Waals surface area contributed by atoms with Crippen molar-refractivity contribution < 1.29 is 22.5 Å². The topological polar surface area (TPSA) is 108 Å². The molecule has 13 heteroatoms. The summed E-state index contributed by atoms with van der Waals surface area (Å²) in [5.41, 5.74) is 4.52. The molecule has 28 heavy (non-hydrogen) atoms. The van der Waals surface area contributed by atoms with Gasteiger partial charge in [-0.25, -0.2) is 0 Å². The molecule has 1 unspecified atom stereocenters. The predicted octanol–water partition coefficient (Wildman–Crippen LogP) is 4.04. The van der Waals surface area contributed by atoms with Gasteiger partial charge in [-0.2, -0.15) is 18.2 Å². The van der Waals surface area contributed by atoms with Gasteiger partial charge in [0, 0.05) is 5.56 Å². The van der Waals surface area contributed by atoms with Crippen LogP contribution in [0.5, 0.6) is 0 Å². The van der Waals surface area contributed by atoms with E-state index in [0.717, 1.165) is 12.1 Å². The van der Waals surface area contributed by atoms with Gasteiger partial charge in [0.25, 0.3) is 0 Å². The fourth-order valence-corrected chi connectivity index (χ4v) is 4.92. The van der Waals surface area contributed by atoms with Crippen LogP contribution < -0.4 is 5.73 Å². The number of nitrogens with two attached hydrogens (primary N) is 1.